The summed E-state index contributed by atoms with van der Waals surface area (Å²) in [6, 6.07) is 8.00. The second-order valence-electron chi connectivity index (χ2n) is 3.16. The van der Waals surface area contributed by atoms with E-state index in [1.54, 1.807) is 6.20 Å². The van der Waals surface area contributed by atoms with Crippen molar-refractivity contribution in [2.45, 2.75) is 0 Å². The maximum atomic E-state index is 4.34. The molecule has 0 atom stereocenters. The smallest absolute Gasteiger partial charge is 0.174 e. The minimum atomic E-state index is 0.593. The van der Waals surface area contributed by atoms with Crippen LogP contribution in [0.2, 0.25) is 0 Å². The summed E-state index contributed by atoms with van der Waals surface area (Å²) in [6.07, 6.45) is 3.77. The minimum absolute atomic E-state index is 0.593. The Hall–Kier alpha value is -1.97. The van der Waals surface area contributed by atoms with Gasteiger partial charge in [0.25, 0.3) is 0 Å². The Morgan fingerprint density at radius 2 is 2.14 bits per heavy atom. The third-order valence-corrected chi connectivity index (χ3v) is 2.23. The molecule has 0 saturated carbocycles. The highest BCUT2D eigenvalue weighted by atomic mass is 15.4. The summed E-state index contributed by atoms with van der Waals surface area (Å²) in [5.74, 6) is 0.807. The average molecular weight is 184 g/mol. The van der Waals surface area contributed by atoms with E-state index in [-0.39, 0.29) is 0 Å². The normalized spacial score (nSPS) is 17.4. The molecular formula is C10H8N4. The molecule has 0 amide bonds. The van der Waals surface area contributed by atoms with Crippen molar-refractivity contribution < 1.29 is 0 Å². The molecule has 2 aliphatic heterocycles. The van der Waals surface area contributed by atoms with E-state index >= 15 is 0 Å². The summed E-state index contributed by atoms with van der Waals surface area (Å²) in [7, 11) is 0. The van der Waals surface area contributed by atoms with Gasteiger partial charge in [-0.3, -0.25) is 4.99 Å². The lowest BCUT2D eigenvalue weighted by Gasteiger charge is -2.07. The molecule has 1 aromatic rings. The first kappa shape index (κ1) is 7.44. The first-order valence-electron chi connectivity index (χ1n) is 4.42. The van der Waals surface area contributed by atoms with Crippen molar-refractivity contribution in [3.8, 4) is 0 Å². The van der Waals surface area contributed by atoms with Crippen LogP contribution in [0.5, 0.6) is 0 Å². The average Bonchev–Trinajstić information content (AvgIpc) is 2.58. The van der Waals surface area contributed by atoms with Gasteiger partial charge >= 0.3 is 0 Å². The van der Waals surface area contributed by atoms with Gasteiger partial charge < -0.3 is 4.90 Å². The van der Waals surface area contributed by atoms with Crippen LogP contribution >= 0.6 is 0 Å². The molecule has 0 unspecified atom stereocenters. The second-order valence-corrected chi connectivity index (χ2v) is 3.16. The third-order valence-electron chi connectivity index (χ3n) is 2.23. The number of rotatable bonds is 0. The van der Waals surface area contributed by atoms with Gasteiger partial charge in [0.2, 0.25) is 0 Å². The van der Waals surface area contributed by atoms with Crippen molar-refractivity contribution in [3.05, 3.63) is 46.9 Å². The predicted molar refractivity (Wildman–Crippen MR) is 51.3 cm³/mol. The van der Waals surface area contributed by atoms with Crippen LogP contribution in [0.15, 0.2) is 51.5 Å². The monoisotopic (exact) mass is 184 g/mol. The molecule has 1 aromatic carbocycles. The second kappa shape index (κ2) is 2.77. The molecule has 0 spiro atoms. The number of para-hydroxylation sites is 1. The predicted octanol–water partition coefficient (Wildman–Crippen LogP) is 0.582. The lowest BCUT2D eigenvalue weighted by Crippen LogP contribution is -2.26. The first-order chi connectivity index (χ1) is 6.93. The van der Waals surface area contributed by atoms with Gasteiger partial charge in [-0.2, -0.15) is 5.11 Å². The number of fused-ring (bicyclic) bond motifs is 2. The zero-order valence-corrected chi connectivity index (χ0v) is 7.46. The van der Waals surface area contributed by atoms with Crippen LogP contribution in [0.1, 0.15) is 0 Å². The van der Waals surface area contributed by atoms with E-state index in [0.717, 1.165) is 16.4 Å². The molecule has 0 saturated heterocycles. The Morgan fingerprint density at radius 3 is 3.14 bits per heavy atom. The van der Waals surface area contributed by atoms with Gasteiger partial charge in [0.05, 0.1) is 11.6 Å². The molecule has 0 N–H and O–H groups in total. The molecule has 4 heteroatoms. The molecule has 2 aliphatic rings. The van der Waals surface area contributed by atoms with Gasteiger partial charge in [-0.25, -0.2) is 0 Å². The van der Waals surface area contributed by atoms with E-state index in [2.05, 4.69) is 15.2 Å². The van der Waals surface area contributed by atoms with Crippen molar-refractivity contribution in [2.75, 3.05) is 6.67 Å². The lowest BCUT2D eigenvalue weighted by atomic mass is 10.3. The highest BCUT2D eigenvalue weighted by Gasteiger charge is 2.12. The standard InChI is InChI=1S/C10H8N4/c1-2-4-9-8(3-1)6-14-7-12-13-10(14)5-11-9/h1-6H,7H2. The minimum Gasteiger partial charge on any atom is -0.308 e. The highest BCUT2D eigenvalue weighted by molar-refractivity contribution is 5.29. The Kier molecular flexibility index (Phi) is 1.47. The largest absolute Gasteiger partial charge is 0.308 e. The fourth-order valence-electron chi connectivity index (χ4n) is 1.52. The molecule has 4 nitrogen and oxygen atoms in total. The fraction of sp³-hybridized carbons (Fsp3) is 0.100. The van der Waals surface area contributed by atoms with Crippen molar-refractivity contribution >= 4 is 6.20 Å². The van der Waals surface area contributed by atoms with E-state index in [1.165, 1.54) is 0 Å². The molecule has 68 valence electrons. The number of benzene rings is 1. The van der Waals surface area contributed by atoms with E-state index in [4.69, 9.17) is 0 Å². The van der Waals surface area contributed by atoms with E-state index in [0.29, 0.717) is 6.67 Å². The Labute approximate surface area is 80.6 Å². The van der Waals surface area contributed by atoms with Crippen LogP contribution in [0.3, 0.4) is 0 Å². The van der Waals surface area contributed by atoms with E-state index < -0.39 is 0 Å². The Bertz CT molecular complexity index is 541. The summed E-state index contributed by atoms with van der Waals surface area (Å²) in [5, 5.41) is 10.0. The SMILES string of the molecule is C1=C2N=NCN2C=c2ccccc2=N1. The topological polar surface area (TPSA) is 40.3 Å². The molecule has 0 radical (unpaired) electrons. The van der Waals surface area contributed by atoms with Crippen molar-refractivity contribution in [1.29, 1.82) is 0 Å². The molecule has 0 aromatic heterocycles. The molecule has 14 heavy (non-hydrogen) atoms. The highest BCUT2D eigenvalue weighted by Crippen LogP contribution is 2.14. The van der Waals surface area contributed by atoms with Crippen LogP contribution < -0.4 is 10.6 Å². The van der Waals surface area contributed by atoms with Crippen molar-refractivity contribution in [2.24, 2.45) is 15.2 Å². The molecular weight excluding hydrogens is 176 g/mol. The number of azo groups is 1. The van der Waals surface area contributed by atoms with Gasteiger partial charge in [0.1, 0.15) is 6.67 Å². The number of hydrogen-bond donors (Lipinski definition) is 0. The summed E-state index contributed by atoms with van der Waals surface area (Å²) < 4.78 is 0. The molecule has 0 bridgehead atoms. The molecule has 3 rings (SSSR count). The summed E-state index contributed by atoms with van der Waals surface area (Å²) in [6.45, 7) is 0.593. The van der Waals surface area contributed by atoms with Crippen molar-refractivity contribution in [1.82, 2.24) is 4.90 Å². The summed E-state index contributed by atoms with van der Waals surface area (Å²) >= 11 is 0. The van der Waals surface area contributed by atoms with Crippen LogP contribution in [0, 0.1) is 0 Å². The Balaban J connectivity index is 2.29. The zero-order valence-electron chi connectivity index (χ0n) is 7.46. The van der Waals surface area contributed by atoms with Gasteiger partial charge in [-0.1, -0.05) is 18.2 Å². The third kappa shape index (κ3) is 1.04. The fourth-order valence-corrected chi connectivity index (χ4v) is 1.52. The van der Waals surface area contributed by atoms with E-state index in [9.17, 15) is 0 Å². The Morgan fingerprint density at radius 1 is 1.21 bits per heavy atom. The van der Waals surface area contributed by atoms with Crippen LogP contribution in [-0.2, 0) is 0 Å². The number of nitrogens with zero attached hydrogens (tertiary/aromatic N) is 4. The van der Waals surface area contributed by atoms with Crippen LogP contribution in [0.4, 0.5) is 0 Å². The zero-order chi connectivity index (χ0) is 9.38. The molecule has 0 aliphatic carbocycles. The lowest BCUT2D eigenvalue weighted by molar-refractivity contribution is 0.568. The number of hydrogen-bond acceptors (Lipinski definition) is 4. The van der Waals surface area contributed by atoms with Gasteiger partial charge in [-0.15, -0.1) is 5.11 Å². The van der Waals surface area contributed by atoms with Crippen LogP contribution in [0.25, 0.3) is 6.20 Å². The van der Waals surface area contributed by atoms with Crippen molar-refractivity contribution in [3.63, 3.8) is 0 Å². The van der Waals surface area contributed by atoms with Crippen LogP contribution in [-0.4, -0.2) is 11.6 Å². The van der Waals surface area contributed by atoms with Gasteiger partial charge in [0, 0.05) is 11.4 Å². The molecule has 0 fully saturated rings. The maximum Gasteiger partial charge on any atom is 0.174 e. The summed E-state index contributed by atoms with van der Waals surface area (Å²) in [4.78, 5) is 6.32. The summed E-state index contributed by atoms with van der Waals surface area (Å²) in [5.41, 5.74) is 0. The first-order valence-corrected chi connectivity index (χ1v) is 4.42. The van der Waals surface area contributed by atoms with Gasteiger partial charge in [-0.05, 0) is 6.07 Å². The van der Waals surface area contributed by atoms with E-state index in [1.807, 2.05) is 35.4 Å². The molecule has 2 heterocycles. The maximum absolute atomic E-state index is 4.34. The van der Waals surface area contributed by atoms with Gasteiger partial charge in [0.15, 0.2) is 5.82 Å². The quantitative estimate of drug-likeness (QED) is 0.581.